The minimum atomic E-state index is -0.559. The first-order valence-corrected chi connectivity index (χ1v) is 12.3. The summed E-state index contributed by atoms with van der Waals surface area (Å²) in [6, 6.07) is 7.92. The summed E-state index contributed by atoms with van der Waals surface area (Å²) >= 11 is 0. The van der Waals surface area contributed by atoms with Crippen molar-refractivity contribution in [3.05, 3.63) is 42.2 Å². The average Bonchev–Trinajstić information content (AvgIpc) is 3.54. The van der Waals surface area contributed by atoms with E-state index in [2.05, 4.69) is 39.3 Å². The number of hydrogen-bond donors (Lipinski definition) is 3. The van der Waals surface area contributed by atoms with Crippen molar-refractivity contribution in [3.8, 4) is 11.3 Å². The molecule has 0 aliphatic carbocycles. The number of nitrogens with one attached hydrogen (secondary N) is 3. The summed E-state index contributed by atoms with van der Waals surface area (Å²) in [4.78, 5) is 35.0. The lowest BCUT2D eigenvalue weighted by Crippen LogP contribution is -2.36. The minimum absolute atomic E-state index is 0.0866. The van der Waals surface area contributed by atoms with E-state index in [1.165, 1.54) is 5.56 Å². The Labute approximate surface area is 209 Å². The maximum atomic E-state index is 13.1. The molecule has 36 heavy (non-hydrogen) atoms. The largest absolute Gasteiger partial charge is 0.444 e. The van der Waals surface area contributed by atoms with Gasteiger partial charge in [-0.2, -0.15) is 5.10 Å². The number of H-pyrrole nitrogens is 2. The Morgan fingerprint density at radius 2 is 2.00 bits per heavy atom. The van der Waals surface area contributed by atoms with Crippen molar-refractivity contribution in [2.24, 2.45) is 5.92 Å². The highest BCUT2D eigenvalue weighted by Gasteiger charge is 2.33. The summed E-state index contributed by atoms with van der Waals surface area (Å²) in [5.74, 6) is -0.116. The molecule has 2 amide bonds. The van der Waals surface area contributed by atoms with Gasteiger partial charge in [-0.15, -0.1) is 0 Å². The van der Waals surface area contributed by atoms with Crippen LogP contribution in [0.5, 0.6) is 0 Å². The number of fused-ring (bicyclic) bond motifs is 2. The highest BCUT2D eigenvalue weighted by atomic mass is 16.6. The number of nitrogens with zero attached hydrogens (tertiary/aromatic N) is 3. The second-order valence-corrected chi connectivity index (χ2v) is 10.7. The topological polar surface area (TPSA) is 116 Å². The zero-order valence-corrected chi connectivity index (χ0v) is 21.3. The highest BCUT2D eigenvalue weighted by molar-refractivity contribution is 6.01. The first-order chi connectivity index (χ1) is 17.1. The Morgan fingerprint density at radius 1 is 1.19 bits per heavy atom. The first-order valence-electron chi connectivity index (χ1n) is 12.3. The molecule has 4 aromatic rings. The van der Waals surface area contributed by atoms with Crippen LogP contribution in [0.25, 0.3) is 33.2 Å². The third kappa shape index (κ3) is 4.53. The van der Waals surface area contributed by atoms with Crippen molar-refractivity contribution in [2.75, 3.05) is 18.4 Å². The van der Waals surface area contributed by atoms with Gasteiger partial charge in [0.2, 0.25) is 5.91 Å². The van der Waals surface area contributed by atoms with Gasteiger partial charge in [0, 0.05) is 46.8 Å². The molecule has 0 saturated carbocycles. The number of carbonyl (C=O) groups excluding carboxylic acids is 2. The smallest absolute Gasteiger partial charge is 0.410 e. The Kier molecular flexibility index (Phi) is 5.94. The summed E-state index contributed by atoms with van der Waals surface area (Å²) in [6.07, 6.45) is 3.81. The van der Waals surface area contributed by atoms with Crippen molar-refractivity contribution >= 4 is 39.6 Å². The van der Waals surface area contributed by atoms with E-state index in [1.54, 1.807) is 17.3 Å². The molecule has 5 rings (SSSR count). The maximum absolute atomic E-state index is 13.1. The van der Waals surface area contributed by atoms with E-state index in [4.69, 9.17) is 4.74 Å². The molecule has 1 aliphatic rings. The minimum Gasteiger partial charge on any atom is -0.444 e. The molecule has 0 radical (unpaired) electrons. The second-order valence-electron chi connectivity index (χ2n) is 10.7. The number of pyridine rings is 1. The van der Waals surface area contributed by atoms with Crippen LogP contribution in [0, 0.1) is 5.92 Å². The summed E-state index contributed by atoms with van der Waals surface area (Å²) in [5.41, 5.74) is 5.15. The van der Waals surface area contributed by atoms with E-state index >= 15 is 0 Å². The third-order valence-electron chi connectivity index (χ3n) is 6.52. The van der Waals surface area contributed by atoms with Crippen LogP contribution in [0.1, 0.15) is 52.5 Å². The molecule has 3 aromatic heterocycles. The summed E-state index contributed by atoms with van der Waals surface area (Å²) < 4.78 is 5.45. The molecule has 9 nitrogen and oxygen atoms in total. The van der Waals surface area contributed by atoms with Gasteiger partial charge in [-0.3, -0.25) is 9.89 Å². The summed E-state index contributed by atoms with van der Waals surface area (Å²) in [7, 11) is 0. The van der Waals surface area contributed by atoms with Crippen molar-refractivity contribution in [2.45, 2.75) is 52.6 Å². The number of aromatic nitrogens is 4. The molecule has 1 aliphatic heterocycles. The van der Waals surface area contributed by atoms with E-state index in [-0.39, 0.29) is 23.8 Å². The van der Waals surface area contributed by atoms with Crippen LogP contribution in [-0.2, 0) is 9.53 Å². The SMILES string of the molecule is CC(C)c1c(-c2ccnc3[nH]ncc23)[nH]c2ccc(NC(=O)[C@@H]3CCN(C(=O)OC(C)(C)C)C3)cc12. The number of rotatable bonds is 4. The van der Waals surface area contributed by atoms with E-state index in [9.17, 15) is 9.59 Å². The molecule has 0 unspecified atom stereocenters. The normalized spacial score (nSPS) is 16.3. The fourth-order valence-electron chi connectivity index (χ4n) is 4.88. The number of benzene rings is 1. The second kappa shape index (κ2) is 8.96. The standard InChI is InChI=1S/C27H32N6O3/c1-15(2)22-19-12-17(30-25(34)16-9-11-33(14-16)26(35)36-27(3,4)5)6-7-21(19)31-23(22)18-8-10-28-24-20(18)13-29-32-24/h6-8,10,12-13,15-16,31H,9,11,14H2,1-5H3,(H,30,34)(H,28,29,32)/t16-/m1/s1. The van der Waals surface area contributed by atoms with Gasteiger partial charge in [0.15, 0.2) is 5.65 Å². The average molecular weight is 489 g/mol. The predicted molar refractivity (Wildman–Crippen MR) is 140 cm³/mol. The molecular formula is C27H32N6O3. The molecule has 188 valence electrons. The molecular weight excluding hydrogens is 456 g/mol. The molecule has 0 spiro atoms. The van der Waals surface area contributed by atoms with Crippen LogP contribution in [0.4, 0.5) is 10.5 Å². The Morgan fingerprint density at radius 3 is 2.75 bits per heavy atom. The van der Waals surface area contributed by atoms with Gasteiger partial charge in [-0.1, -0.05) is 13.8 Å². The van der Waals surface area contributed by atoms with E-state index < -0.39 is 5.60 Å². The van der Waals surface area contributed by atoms with Gasteiger partial charge in [-0.05, 0) is 62.9 Å². The van der Waals surface area contributed by atoms with Gasteiger partial charge in [0.25, 0.3) is 0 Å². The molecule has 1 saturated heterocycles. The molecule has 1 fully saturated rings. The fourth-order valence-corrected chi connectivity index (χ4v) is 4.88. The Bertz CT molecular complexity index is 1450. The Balaban J connectivity index is 1.39. The quantitative estimate of drug-likeness (QED) is 0.354. The lowest BCUT2D eigenvalue weighted by atomic mass is 9.95. The first kappa shape index (κ1) is 23.8. The predicted octanol–water partition coefficient (Wildman–Crippen LogP) is 5.43. The van der Waals surface area contributed by atoms with Gasteiger partial charge < -0.3 is 19.9 Å². The number of amides is 2. The van der Waals surface area contributed by atoms with Gasteiger partial charge in [0.05, 0.1) is 17.8 Å². The fraction of sp³-hybridized carbons (Fsp3) is 0.407. The van der Waals surface area contributed by atoms with Crippen LogP contribution in [-0.4, -0.2) is 55.8 Å². The van der Waals surface area contributed by atoms with Crippen LogP contribution < -0.4 is 5.32 Å². The monoisotopic (exact) mass is 488 g/mol. The summed E-state index contributed by atoms with van der Waals surface area (Å²) in [6.45, 7) is 10.7. The number of anilines is 1. The zero-order valence-electron chi connectivity index (χ0n) is 21.3. The van der Waals surface area contributed by atoms with E-state index in [0.717, 1.165) is 38.9 Å². The lowest BCUT2D eigenvalue weighted by Gasteiger charge is -2.24. The number of ether oxygens (including phenoxy) is 1. The Hall–Kier alpha value is -3.88. The zero-order chi connectivity index (χ0) is 25.6. The molecule has 1 atom stereocenters. The van der Waals surface area contributed by atoms with E-state index in [1.807, 2.05) is 45.0 Å². The molecule has 4 heterocycles. The van der Waals surface area contributed by atoms with Crippen LogP contribution in [0.3, 0.4) is 0 Å². The van der Waals surface area contributed by atoms with Crippen molar-refractivity contribution in [1.82, 2.24) is 25.1 Å². The van der Waals surface area contributed by atoms with E-state index in [0.29, 0.717) is 19.5 Å². The maximum Gasteiger partial charge on any atom is 0.410 e. The van der Waals surface area contributed by atoms with Crippen molar-refractivity contribution in [1.29, 1.82) is 0 Å². The number of hydrogen-bond acceptors (Lipinski definition) is 5. The van der Waals surface area contributed by atoms with Crippen molar-refractivity contribution < 1.29 is 14.3 Å². The van der Waals surface area contributed by atoms with Gasteiger partial charge in [-0.25, -0.2) is 9.78 Å². The van der Waals surface area contributed by atoms with Crippen LogP contribution in [0.2, 0.25) is 0 Å². The number of likely N-dealkylation sites (tertiary alicyclic amines) is 1. The van der Waals surface area contributed by atoms with Gasteiger partial charge >= 0.3 is 6.09 Å². The molecule has 1 aromatic carbocycles. The molecule has 0 bridgehead atoms. The lowest BCUT2D eigenvalue weighted by molar-refractivity contribution is -0.119. The van der Waals surface area contributed by atoms with Crippen molar-refractivity contribution in [3.63, 3.8) is 0 Å². The third-order valence-corrected chi connectivity index (χ3v) is 6.52. The highest BCUT2D eigenvalue weighted by Crippen LogP contribution is 2.38. The molecule has 9 heteroatoms. The van der Waals surface area contributed by atoms with Gasteiger partial charge in [0.1, 0.15) is 5.60 Å². The number of carbonyl (C=O) groups is 2. The summed E-state index contributed by atoms with van der Waals surface area (Å²) in [5, 5.41) is 12.2. The van der Waals surface area contributed by atoms with Crippen LogP contribution in [0.15, 0.2) is 36.7 Å². The van der Waals surface area contributed by atoms with Crippen LogP contribution >= 0.6 is 0 Å². The molecule has 3 N–H and O–H groups in total. The number of aromatic amines is 2.